The zero-order chi connectivity index (χ0) is 16.5. The molecular formula is C18H23N3O2. The first-order chi connectivity index (χ1) is 11.3. The summed E-state index contributed by atoms with van der Waals surface area (Å²) < 4.78 is 5.01. The van der Waals surface area contributed by atoms with E-state index in [9.17, 15) is 4.79 Å². The van der Waals surface area contributed by atoms with Crippen molar-refractivity contribution in [3.8, 4) is 0 Å². The van der Waals surface area contributed by atoms with Crippen LogP contribution in [-0.2, 0) is 4.74 Å². The minimum absolute atomic E-state index is 0.0929. The molecule has 0 aliphatic carbocycles. The largest absolute Gasteiger partial charge is 0.385 e. The summed E-state index contributed by atoms with van der Waals surface area (Å²) in [4.78, 5) is 18.6. The van der Waals surface area contributed by atoms with Crippen molar-refractivity contribution in [2.24, 2.45) is 0 Å². The molecule has 0 radical (unpaired) electrons. The van der Waals surface area contributed by atoms with Gasteiger partial charge in [0.2, 0.25) is 0 Å². The Hall–Kier alpha value is -2.40. The summed E-state index contributed by atoms with van der Waals surface area (Å²) >= 11 is 0. The highest BCUT2D eigenvalue weighted by Crippen LogP contribution is 2.16. The molecule has 1 N–H and O–H groups in total. The Morgan fingerprint density at radius 1 is 1.22 bits per heavy atom. The number of methoxy groups -OCH3 is 1. The average molecular weight is 313 g/mol. The van der Waals surface area contributed by atoms with Crippen molar-refractivity contribution in [3.05, 3.63) is 54.4 Å². The maximum absolute atomic E-state index is 12.6. The van der Waals surface area contributed by atoms with Gasteiger partial charge in [-0.1, -0.05) is 18.2 Å². The monoisotopic (exact) mass is 313 g/mol. The van der Waals surface area contributed by atoms with E-state index in [4.69, 9.17) is 4.74 Å². The van der Waals surface area contributed by atoms with Crippen molar-refractivity contribution in [2.75, 3.05) is 37.0 Å². The first kappa shape index (κ1) is 17.0. The number of nitrogens with zero attached hydrogens (tertiary/aromatic N) is 2. The van der Waals surface area contributed by atoms with E-state index in [2.05, 4.69) is 10.3 Å². The molecule has 1 amide bonds. The molecule has 0 atom stereocenters. The van der Waals surface area contributed by atoms with Gasteiger partial charge in [-0.2, -0.15) is 0 Å². The molecule has 0 aliphatic heterocycles. The van der Waals surface area contributed by atoms with Crippen LogP contribution in [0.2, 0.25) is 0 Å². The van der Waals surface area contributed by atoms with Crippen LogP contribution in [0.3, 0.4) is 0 Å². The van der Waals surface area contributed by atoms with Gasteiger partial charge in [0, 0.05) is 32.5 Å². The number of carbonyl (C=O) groups is 1. The molecule has 0 unspecified atom stereocenters. The summed E-state index contributed by atoms with van der Waals surface area (Å²) in [6.07, 6.45) is 2.62. The molecule has 0 fully saturated rings. The third-order valence-electron chi connectivity index (χ3n) is 3.47. The summed E-state index contributed by atoms with van der Waals surface area (Å²) in [5.74, 6) is -0.0929. The second kappa shape index (κ2) is 8.90. The van der Waals surface area contributed by atoms with Crippen molar-refractivity contribution < 1.29 is 9.53 Å². The summed E-state index contributed by atoms with van der Waals surface area (Å²) in [5, 5.41) is 3.25. The van der Waals surface area contributed by atoms with Crippen molar-refractivity contribution in [1.82, 2.24) is 4.98 Å². The van der Waals surface area contributed by atoms with E-state index in [-0.39, 0.29) is 5.91 Å². The minimum atomic E-state index is -0.0929. The highest BCUT2D eigenvalue weighted by Gasteiger charge is 2.16. The molecule has 2 rings (SSSR count). The van der Waals surface area contributed by atoms with Gasteiger partial charge in [-0.25, -0.2) is 4.98 Å². The summed E-state index contributed by atoms with van der Waals surface area (Å²) in [6, 6.07) is 13.3. The fraction of sp³-hybridized carbons (Fsp3) is 0.333. The summed E-state index contributed by atoms with van der Waals surface area (Å²) in [5.41, 5.74) is 2.22. The van der Waals surface area contributed by atoms with Gasteiger partial charge in [-0.05, 0) is 37.6 Å². The lowest BCUT2D eigenvalue weighted by atomic mass is 10.2. The molecule has 0 spiro atoms. The van der Waals surface area contributed by atoms with Crippen LogP contribution >= 0.6 is 0 Å². The van der Waals surface area contributed by atoms with Crippen LogP contribution in [0.5, 0.6) is 0 Å². The van der Waals surface area contributed by atoms with Crippen LogP contribution in [0.25, 0.3) is 0 Å². The third kappa shape index (κ3) is 4.79. The Morgan fingerprint density at radius 2 is 2.00 bits per heavy atom. The lowest BCUT2D eigenvalue weighted by molar-refractivity contribution is 0.0983. The topological polar surface area (TPSA) is 54.5 Å². The zero-order valence-corrected chi connectivity index (χ0v) is 13.7. The number of rotatable bonds is 8. The van der Waals surface area contributed by atoms with Crippen LogP contribution in [0.15, 0.2) is 48.7 Å². The number of aromatic nitrogens is 1. The van der Waals surface area contributed by atoms with Gasteiger partial charge in [0.1, 0.15) is 5.69 Å². The molecule has 0 aliphatic rings. The Labute approximate surface area is 137 Å². The Morgan fingerprint density at radius 3 is 2.61 bits per heavy atom. The molecular weight excluding hydrogens is 290 g/mol. The van der Waals surface area contributed by atoms with Crippen LogP contribution in [0.4, 0.5) is 11.4 Å². The van der Waals surface area contributed by atoms with Crippen molar-refractivity contribution in [2.45, 2.75) is 13.3 Å². The van der Waals surface area contributed by atoms with Gasteiger partial charge >= 0.3 is 0 Å². The normalized spacial score (nSPS) is 10.3. The fourth-order valence-corrected chi connectivity index (χ4v) is 2.26. The predicted octanol–water partition coefficient (Wildman–Crippen LogP) is 3.20. The van der Waals surface area contributed by atoms with Crippen LogP contribution in [0, 0.1) is 0 Å². The molecule has 23 heavy (non-hydrogen) atoms. The van der Waals surface area contributed by atoms with Gasteiger partial charge in [0.15, 0.2) is 0 Å². The number of amides is 1. The third-order valence-corrected chi connectivity index (χ3v) is 3.47. The highest BCUT2D eigenvalue weighted by atomic mass is 16.5. The average Bonchev–Trinajstić information content (AvgIpc) is 2.61. The molecule has 0 saturated carbocycles. The molecule has 1 aromatic carbocycles. The lowest BCUT2D eigenvalue weighted by Gasteiger charge is -2.20. The number of nitrogens with one attached hydrogen (secondary N) is 1. The molecule has 0 saturated heterocycles. The first-order valence-electron chi connectivity index (χ1n) is 7.82. The second-order valence-electron chi connectivity index (χ2n) is 5.09. The van der Waals surface area contributed by atoms with E-state index in [1.165, 1.54) is 0 Å². The number of pyridine rings is 1. The zero-order valence-electron chi connectivity index (χ0n) is 13.7. The molecule has 1 heterocycles. The van der Waals surface area contributed by atoms with E-state index in [0.29, 0.717) is 12.2 Å². The SMILES string of the molecule is CCN(C(=O)c1ccc(NCCCOC)cn1)c1ccccc1. The number of anilines is 2. The van der Waals surface area contributed by atoms with E-state index < -0.39 is 0 Å². The van der Waals surface area contributed by atoms with Crippen molar-refractivity contribution in [1.29, 1.82) is 0 Å². The van der Waals surface area contributed by atoms with Gasteiger partial charge < -0.3 is 15.0 Å². The van der Waals surface area contributed by atoms with Gasteiger partial charge in [0.25, 0.3) is 5.91 Å². The predicted molar refractivity (Wildman–Crippen MR) is 93.0 cm³/mol. The first-order valence-corrected chi connectivity index (χ1v) is 7.82. The van der Waals surface area contributed by atoms with Gasteiger partial charge in [0.05, 0.1) is 11.9 Å². The molecule has 0 bridgehead atoms. The highest BCUT2D eigenvalue weighted by molar-refractivity contribution is 6.04. The Kier molecular flexibility index (Phi) is 6.56. The van der Waals surface area contributed by atoms with Gasteiger partial charge in [-0.15, -0.1) is 0 Å². The van der Waals surface area contributed by atoms with Gasteiger partial charge in [-0.3, -0.25) is 4.79 Å². The van der Waals surface area contributed by atoms with E-state index in [1.807, 2.05) is 43.3 Å². The summed E-state index contributed by atoms with van der Waals surface area (Å²) in [7, 11) is 1.69. The number of carbonyl (C=O) groups excluding carboxylic acids is 1. The second-order valence-corrected chi connectivity index (χ2v) is 5.09. The molecule has 122 valence electrons. The minimum Gasteiger partial charge on any atom is -0.385 e. The molecule has 1 aromatic heterocycles. The maximum Gasteiger partial charge on any atom is 0.276 e. The lowest BCUT2D eigenvalue weighted by Crippen LogP contribution is -2.31. The molecule has 5 nitrogen and oxygen atoms in total. The van der Waals surface area contributed by atoms with Crippen molar-refractivity contribution in [3.63, 3.8) is 0 Å². The fourth-order valence-electron chi connectivity index (χ4n) is 2.26. The number of ether oxygens (including phenoxy) is 1. The number of hydrogen-bond acceptors (Lipinski definition) is 4. The van der Waals surface area contributed by atoms with Crippen LogP contribution in [-0.4, -0.2) is 37.7 Å². The number of benzene rings is 1. The maximum atomic E-state index is 12.6. The number of hydrogen-bond donors (Lipinski definition) is 1. The van der Waals surface area contributed by atoms with E-state index in [0.717, 1.165) is 30.9 Å². The standard InChI is InChI=1S/C18H23N3O2/c1-3-21(16-8-5-4-6-9-16)18(22)17-11-10-15(14-20-17)19-12-7-13-23-2/h4-6,8-11,14,19H,3,7,12-13H2,1-2H3. The van der Waals surface area contributed by atoms with Crippen LogP contribution in [0.1, 0.15) is 23.8 Å². The Balaban J connectivity index is 2.01. The Bertz CT molecular complexity index is 599. The molecule has 5 heteroatoms. The van der Waals surface area contributed by atoms with Crippen molar-refractivity contribution >= 4 is 17.3 Å². The van der Waals surface area contributed by atoms with E-state index >= 15 is 0 Å². The quantitative estimate of drug-likeness (QED) is 0.760. The molecule has 2 aromatic rings. The van der Waals surface area contributed by atoms with Crippen LogP contribution < -0.4 is 10.2 Å². The number of para-hydroxylation sites is 1. The smallest absolute Gasteiger partial charge is 0.276 e. The summed E-state index contributed by atoms with van der Waals surface area (Å²) in [6.45, 7) is 4.09. The van der Waals surface area contributed by atoms with E-state index in [1.54, 1.807) is 24.3 Å².